The number of esters is 1. The zero-order chi connectivity index (χ0) is 13.4. The van der Waals surface area contributed by atoms with Crippen molar-refractivity contribution in [3.63, 3.8) is 0 Å². The quantitative estimate of drug-likeness (QED) is 0.595. The van der Waals surface area contributed by atoms with Crippen LogP contribution in [0.25, 0.3) is 0 Å². The Balaban J connectivity index is 2.19. The fraction of sp³-hybridized carbons (Fsp3) is 0.286. The monoisotopic (exact) mass is 248 g/mol. The topological polar surface area (TPSA) is 63.6 Å². The van der Waals surface area contributed by atoms with Gasteiger partial charge in [-0.05, 0) is 18.4 Å². The largest absolute Gasteiger partial charge is 0.478 e. The first-order valence-corrected chi connectivity index (χ1v) is 5.70. The van der Waals surface area contributed by atoms with Crippen molar-refractivity contribution in [3.05, 3.63) is 48.0 Å². The second-order valence-electron chi connectivity index (χ2n) is 3.91. The molecule has 0 atom stereocenters. The highest BCUT2D eigenvalue weighted by Gasteiger charge is 2.07. The summed E-state index contributed by atoms with van der Waals surface area (Å²) < 4.78 is 5.05. The molecule has 1 aromatic rings. The molecule has 0 radical (unpaired) electrons. The van der Waals surface area contributed by atoms with Gasteiger partial charge >= 0.3 is 11.9 Å². The number of ether oxygens (including phenoxy) is 1. The van der Waals surface area contributed by atoms with Crippen molar-refractivity contribution in [3.8, 4) is 0 Å². The fourth-order valence-electron chi connectivity index (χ4n) is 1.36. The Labute approximate surface area is 106 Å². The zero-order valence-electron chi connectivity index (χ0n) is 10.1. The molecule has 0 spiro atoms. The minimum Gasteiger partial charge on any atom is -0.478 e. The van der Waals surface area contributed by atoms with Crippen molar-refractivity contribution in [2.45, 2.75) is 25.9 Å². The molecule has 0 aromatic heterocycles. The summed E-state index contributed by atoms with van der Waals surface area (Å²) in [6, 6.07) is 9.39. The number of carbonyl (C=O) groups is 2. The molecule has 0 aliphatic rings. The van der Waals surface area contributed by atoms with Crippen LogP contribution in [0.2, 0.25) is 0 Å². The summed E-state index contributed by atoms with van der Waals surface area (Å²) in [5.74, 6) is -1.34. The molecule has 1 rings (SSSR count). The van der Waals surface area contributed by atoms with Crippen LogP contribution in [0.5, 0.6) is 0 Å². The Kier molecular flexibility index (Phi) is 5.64. The number of rotatable bonds is 7. The number of benzene rings is 1. The standard InChI is InChI=1S/C14H16O4/c1-11(14(16)17)6-5-9-13(15)18-10-12-7-3-2-4-8-12/h2-4,7-8H,1,5-6,9-10H2,(H,16,17). The lowest BCUT2D eigenvalue weighted by Crippen LogP contribution is -2.05. The molecular weight excluding hydrogens is 232 g/mol. The van der Waals surface area contributed by atoms with Crippen molar-refractivity contribution >= 4 is 11.9 Å². The van der Waals surface area contributed by atoms with Crippen molar-refractivity contribution in [2.75, 3.05) is 0 Å². The van der Waals surface area contributed by atoms with E-state index >= 15 is 0 Å². The molecular formula is C14H16O4. The van der Waals surface area contributed by atoms with Crippen LogP contribution in [0.3, 0.4) is 0 Å². The molecule has 0 heterocycles. The smallest absolute Gasteiger partial charge is 0.330 e. The van der Waals surface area contributed by atoms with Crippen LogP contribution < -0.4 is 0 Å². The zero-order valence-corrected chi connectivity index (χ0v) is 10.1. The minimum absolute atomic E-state index is 0.117. The third-order valence-electron chi connectivity index (χ3n) is 2.40. The van der Waals surface area contributed by atoms with Gasteiger partial charge in [0, 0.05) is 12.0 Å². The summed E-state index contributed by atoms with van der Waals surface area (Å²) in [7, 11) is 0. The molecule has 0 unspecified atom stereocenters. The van der Waals surface area contributed by atoms with E-state index in [0.29, 0.717) is 12.8 Å². The van der Waals surface area contributed by atoms with Gasteiger partial charge in [0.1, 0.15) is 6.61 Å². The summed E-state index contributed by atoms with van der Waals surface area (Å²) in [5, 5.41) is 8.58. The molecule has 1 N–H and O–H groups in total. The van der Waals surface area contributed by atoms with E-state index in [2.05, 4.69) is 6.58 Å². The van der Waals surface area contributed by atoms with Gasteiger partial charge in [-0.3, -0.25) is 4.79 Å². The molecule has 4 heteroatoms. The lowest BCUT2D eigenvalue weighted by molar-refractivity contribution is -0.145. The molecule has 0 fully saturated rings. The maximum absolute atomic E-state index is 11.4. The number of carboxylic acids is 1. The highest BCUT2D eigenvalue weighted by Crippen LogP contribution is 2.07. The molecule has 0 amide bonds. The molecule has 0 saturated heterocycles. The first-order chi connectivity index (χ1) is 8.59. The van der Waals surface area contributed by atoms with E-state index in [1.54, 1.807) is 0 Å². The van der Waals surface area contributed by atoms with E-state index in [4.69, 9.17) is 9.84 Å². The molecule has 4 nitrogen and oxygen atoms in total. The number of hydrogen-bond donors (Lipinski definition) is 1. The van der Waals surface area contributed by atoms with Crippen LogP contribution in [0.15, 0.2) is 42.5 Å². The Morgan fingerprint density at radius 3 is 2.44 bits per heavy atom. The van der Waals surface area contributed by atoms with Gasteiger partial charge in [0.2, 0.25) is 0 Å². The number of carbonyl (C=O) groups excluding carboxylic acids is 1. The van der Waals surface area contributed by atoms with E-state index in [1.165, 1.54) is 0 Å². The lowest BCUT2D eigenvalue weighted by atomic mass is 10.1. The third kappa shape index (κ3) is 5.30. The average molecular weight is 248 g/mol. The molecule has 18 heavy (non-hydrogen) atoms. The van der Waals surface area contributed by atoms with E-state index in [9.17, 15) is 9.59 Å². The highest BCUT2D eigenvalue weighted by molar-refractivity contribution is 5.85. The van der Waals surface area contributed by atoms with Crippen LogP contribution in [-0.4, -0.2) is 17.0 Å². The summed E-state index contributed by atoms with van der Waals surface area (Å²) in [4.78, 5) is 21.8. The number of aliphatic carboxylic acids is 1. The first-order valence-electron chi connectivity index (χ1n) is 5.70. The van der Waals surface area contributed by atoms with Crippen LogP contribution in [-0.2, 0) is 20.9 Å². The third-order valence-corrected chi connectivity index (χ3v) is 2.40. The van der Waals surface area contributed by atoms with E-state index in [1.807, 2.05) is 30.3 Å². The van der Waals surface area contributed by atoms with Crippen LogP contribution in [0.4, 0.5) is 0 Å². The van der Waals surface area contributed by atoms with Gasteiger partial charge in [-0.2, -0.15) is 0 Å². The molecule has 1 aromatic carbocycles. The summed E-state index contributed by atoms with van der Waals surface area (Å²) in [6.07, 6.45) is 0.952. The van der Waals surface area contributed by atoms with Gasteiger partial charge < -0.3 is 9.84 Å². The Morgan fingerprint density at radius 1 is 1.17 bits per heavy atom. The van der Waals surface area contributed by atoms with Crippen LogP contribution in [0.1, 0.15) is 24.8 Å². The maximum atomic E-state index is 11.4. The second-order valence-corrected chi connectivity index (χ2v) is 3.91. The fourth-order valence-corrected chi connectivity index (χ4v) is 1.36. The summed E-state index contributed by atoms with van der Waals surface area (Å²) in [5.41, 5.74) is 1.05. The SMILES string of the molecule is C=C(CCCC(=O)OCc1ccccc1)C(=O)O. The van der Waals surface area contributed by atoms with Gasteiger partial charge in [0.05, 0.1) is 0 Å². The normalized spacial score (nSPS) is 9.78. The minimum atomic E-state index is -1.02. The average Bonchev–Trinajstić information content (AvgIpc) is 2.37. The maximum Gasteiger partial charge on any atom is 0.330 e. The second kappa shape index (κ2) is 7.27. The van der Waals surface area contributed by atoms with Gasteiger partial charge in [-0.15, -0.1) is 0 Å². The Morgan fingerprint density at radius 2 is 1.83 bits per heavy atom. The number of carboxylic acid groups (broad SMARTS) is 1. The van der Waals surface area contributed by atoms with Gasteiger partial charge in [0.25, 0.3) is 0 Å². The summed E-state index contributed by atoms with van der Waals surface area (Å²) in [6.45, 7) is 3.64. The Hall–Kier alpha value is -2.10. The molecule has 0 bridgehead atoms. The van der Waals surface area contributed by atoms with E-state index < -0.39 is 5.97 Å². The van der Waals surface area contributed by atoms with Crippen LogP contribution in [0, 0.1) is 0 Å². The number of hydrogen-bond acceptors (Lipinski definition) is 3. The predicted octanol–water partition coefficient (Wildman–Crippen LogP) is 2.54. The van der Waals surface area contributed by atoms with Crippen LogP contribution >= 0.6 is 0 Å². The van der Waals surface area contributed by atoms with Crippen molar-refractivity contribution in [2.24, 2.45) is 0 Å². The lowest BCUT2D eigenvalue weighted by Gasteiger charge is -2.04. The van der Waals surface area contributed by atoms with Crippen molar-refractivity contribution in [1.82, 2.24) is 0 Å². The van der Waals surface area contributed by atoms with Gasteiger partial charge in [0.15, 0.2) is 0 Å². The Bertz CT molecular complexity index is 423. The van der Waals surface area contributed by atoms with Gasteiger partial charge in [-0.25, -0.2) is 4.79 Å². The van der Waals surface area contributed by atoms with E-state index in [-0.39, 0.29) is 24.6 Å². The predicted molar refractivity (Wildman–Crippen MR) is 66.9 cm³/mol. The van der Waals surface area contributed by atoms with Crippen molar-refractivity contribution in [1.29, 1.82) is 0 Å². The molecule has 0 saturated carbocycles. The van der Waals surface area contributed by atoms with Gasteiger partial charge in [-0.1, -0.05) is 36.9 Å². The highest BCUT2D eigenvalue weighted by atomic mass is 16.5. The van der Waals surface area contributed by atoms with E-state index in [0.717, 1.165) is 5.56 Å². The summed E-state index contributed by atoms with van der Waals surface area (Å²) >= 11 is 0. The first kappa shape index (κ1) is 14.0. The van der Waals surface area contributed by atoms with Crippen molar-refractivity contribution < 1.29 is 19.4 Å². The molecule has 96 valence electrons. The molecule has 0 aliphatic heterocycles. The molecule has 0 aliphatic carbocycles.